The van der Waals surface area contributed by atoms with Crippen molar-refractivity contribution in [2.24, 2.45) is 46.3 Å². The molecule has 3 aliphatic heterocycles. The van der Waals surface area contributed by atoms with Crippen molar-refractivity contribution in [3.63, 3.8) is 0 Å². The fraction of sp³-hybridized carbons (Fsp3) is 0.682. The average molecular weight is 728 g/mol. The summed E-state index contributed by atoms with van der Waals surface area (Å²) in [6.45, 7) is 19.8. The Morgan fingerprint density at radius 1 is 0.849 bits per heavy atom. The molecule has 0 aromatic heterocycles. The van der Waals surface area contributed by atoms with Gasteiger partial charge in [-0.05, 0) is 84.9 Å². The number of esters is 1. The van der Waals surface area contributed by atoms with E-state index >= 15 is 0 Å². The molecule has 0 aromatic carbocycles. The predicted octanol–water partition coefficient (Wildman–Crippen LogP) is 6.93. The monoisotopic (exact) mass is 727 g/mol. The molecular formula is C44H61N3O6. The maximum absolute atomic E-state index is 12.4. The molecule has 0 unspecified atom stereocenters. The second-order valence-corrected chi connectivity index (χ2v) is 18.1. The van der Waals surface area contributed by atoms with Crippen LogP contribution in [0, 0.1) is 46.3 Å². The smallest absolute Gasteiger partial charge is 0.306 e. The highest BCUT2D eigenvalue weighted by molar-refractivity contribution is 6.22. The molecule has 3 saturated carbocycles. The third-order valence-electron chi connectivity index (χ3n) is 14.3. The quantitative estimate of drug-likeness (QED) is 0.105. The Morgan fingerprint density at radius 2 is 1.53 bits per heavy atom. The van der Waals surface area contributed by atoms with Crippen LogP contribution >= 0.6 is 0 Å². The predicted molar refractivity (Wildman–Crippen MR) is 204 cm³/mol. The van der Waals surface area contributed by atoms with Gasteiger partial charge in [0, 0.05) is 51.8 Å². The summed E-state index contributed by atoms with van der Waals surface area (Å²) in [6.07, 6.45) is 18.9. The molecule has 0 amide bonds. The number of carboxylic acids is 1. The first-order chi connectivity index (χ1) is 25.2. The molecule has 8 rings (SSSR count). The van der Waals surface area contributed by atoms with Gasteiger partial charge in [0.05, 0.1) is 18.5 Å². The lowest BCUT2D eigenvalue weighted by atomic mass is 9.50. The van der Waals surface area contributed by atoms with Gasteiger partial charge < -0.3 is 24.5 Å². The summed E-state index contributed by atoms with van der Waals surface area (Å²) in [5.41, 5.74) is 5.55. The van der Waals surface area contributed by atoms with E-state index < -0.39 is 5.97 Å². The number of aliphatic carboxylic acids is 1. The van der Waals surface area contributed by atoms with Crippen molar-refractivity contribution in [2.45, 2.75) is 105 Å². The third-order valence-corrected chi connectivity index (χ3v) is 14.3. The van der Waals surface area contributed by atoms with Crippen LogP contribution in [0.4, 0.5) is 0 Å². The lowest BCUT2D eigenvalue weighted by molar-refractivity contribution is -0.153. The number of ketones is 2. The molecule has 0 aromatic rings. The standard InChI is InChI=1S/C32H48O4.C12H13N3O2/c1-20(2)21(3)7-8-22(4)26-11-12-27-25-10-9-23-19-24(36-30(35)14-13-29(33)34)15-17-31(23,5)28(25)16-18-32(26,27)6;16-9-7-8(13-1-2-13)12(17)11(15-5-6-15)10(9)14-3-4-14/h7-10,20-22,24,26-28H,11-19H2,1-6H3,(H,33,34);7H,1-6H2/b8-7+;/t21-,22+,24-,26+,27-,28-,31-,32+;/m0./s1. The fourth-order valence-corrected chi connectivity index (χ4v) is 10.4. The molecule has 6 fully saturated rings. The Hall–Kier alpha value is -3.62. The first kappa shape index (κ1) is 37.7. The molecule has 8 atom stereocenters. The van der Waals surface area contributed by atoms with Crippen LogP contribution in [-0.2, 0) is 23.9 Å². The van der Waals surface area contributed by atoms with Gasteiger partial charge in [0.2, 0.25) is 11.6 Å². The Kier molecular flexibility index (Phi) is 10.3. The van der Waals surface area contributed by atoms with Crippen LogP contribution in [0.25, 0.3) is 0 Å². The third kappa shape index (κ3) is 7.55. The molecule has 0 bridgehead atoms. The van der Waals surface area contributed by atoms with Gasteiger partial charge in [-0.2, -0.15) is 0 Å². The van der Waals surface area contributed by atoms with Gasteiger partial charge in [0.15, 0.2) is 0 Å². The minimum Gasteiger partial charge on any atom is -0.481 e. The number of carbonyl (C=O) groups excluding carboxylic acids is 3. The second kappa shape index (κ2) is 14.6. The summed E-state index contributed by atoms with van der Waals surface area (Å²) in [5.74, 6) is 2.68. The van der Waals surface area contributed by atoms with Crippen molar-refractivity contribution >= 4 is 23.5 Å². The first-order valence-electron chi connectivity index (χ1n) is 20.5. The number of allylic oxidation sites excluding steroid dienone is 6. The normalized spacial score (nSPS) is 33.9. The number of carboxylic acid groups (broad SMARTS) is 1. The van der Waals surface area contributed by atoms with E-state index in [1.54, 1.807) is 5.57 Å². The largest absolute Gasteiger partial charge is 0.481 e. The zero-order valence-electron chi connectivity index (χ0n) is 32.9. The maximum atomic E-state index is 12.4. The van der Waals surface area contributed by atoms with Gasteiger partial charge in [-0.1, -0.05) is 77.0 Å². The Bertz CT molecular complexity index is 1670. The lowest BCUT2D eigenvalue weighted by Crippen LogP contribution is -2.46. The highest BCUT2D eigenvalue weighted by Crippen LogP contribution is 2.66. The number of nitrogens with zero attached hydrogens (tertiary/aromatic N) is 3. The number of ether oxygens (including phenoxy) is 1. The zero-order chi connectivity index (χ0) is 37.8. The number of Topliss-reactive ketones (excluding diaryl/α,β-unsaturated/α-hetero) is 1. The average Bonchev–Trinajstić information content (AvgIpc) is 3.96. The van der Waals surface area contributed by atoms with Gasteiger partial charge in [-0.15, -0.1) is 0 Å². The molecule has 0 radical (unpaired) electrons. The SMILES string of the molecule is CC(C)[C@@H](C)/C=C/[C@@H](C)[C@H]1CC[C@H]2C3=CC=C4C[C@@H](OC(=O)CCC(=O)O)CC[C@]4(C)[C@H]3CC[C@]12C.O=C1C=C(N2CC2)C(=O)C(N2CC2)=C1N1CC1. The van der Waals surface area contributed by atoms with Crippen molar-refractivity contribution in [3.8, 4) is 0 Å². The fourth-order valence-electron chi connectivity index (χ4n) is 10.4. The molecule has 53 heavy (non-hydrogen) atoms. The Balaban J connectivity index is 0.000000210. The number of hydrogen-bond donors (Lipinski definition) is 1. The Morgan fingerprint density at radius 3 is 2.17 bits per heavy atom. The van der Waals surface area contributed by atoms with Crippen LogP contribution < -0.4 is 0 Å². The van der Waals surface area contributed by atoms with Crippen LogP contribution in [0.15, 0.2) is 58.6 Å². The van der Waals surface area contributed by atoms with Crippen LogP contribution in [0.1, 0.15) is 99.3 Å². The zero-order valence-corrected chi connectivity index (χ0v) is 32.9. The molecule has 1 N–H and O–H groups in total. The van der Waals surface area contributed by atoms with Gasteiger partial charge in [0.25, 0.3) is 0 Å². The lowest BCUT2D eigenvalue weighted by Gasteiger charge is -2.55. The highest BCUT2D eigenvalue weighted by atomic mass is 16.5. The number of carbonyl (C=O) groups is 4. The van der Waals surface area contributed by atoms with E-state index in [-0.39, 0.29) is 41.9 Å². The van der Waals surface area contributed by atoms with Crippen LogP contribution in [0.5, 0.6) is 0 Å². The van der Waals surface area contributed by atoms with E-state index in [2.05, 4.69) is 65.8 Å². The molecule has 3 heterocycles. The number of rotatable bonds is 11. The molecule has 288 valence electrons. The minimum atomic E-state index is -0.954. The van der Waals surface area contributed by atoms with E-state index in [1.165, 1.54) is 37.3 Å². The molecule has 8 aliphatic rings. The van der Waals surface area contributed by atoms with Crippen molar-refractivity contribution in [1.82, 2.24) is 14.7 Å². The maximum Gasteiger partial charge on any atom is 0.306 e. The molecular weight excluding hydrogens is 666 g/mol. The van der Waals surface area contributed by atoms with E-state index in [0.29, 0.717) is 52.1 Å². The van der Waals surface area contributed by atoms with E-state index in [0.717, 1.165) is 64.4 Å². The molecule has 9 heteroatoms. The van der Waals surface area contributed by atoms with Crippen LogP contribution in [0.2, 0.25) is 0 Å². The second-order valence-electron chi connectivity index (χ2n) is 18.1. The van der Waals surface area contributed by atoms with Crippen molar-refractivity contribution in [2.75, 3.05) is 39.3 Å². The van der Waals surface area contributed by atoms with Gasteiger partial charge in [-0.25, -0.2) is 0 Å². The van der Waals surface area contributed by atoms with Gasteiger partial charge in [-0.3, -0.25) is 19.2 Å². The number of fused-ring (bicyclic) bond motifs is 5. The summed E-state index contributed by atoms with van der Waals surface area (Å²) in [7, 11) is 0. The van der Waals surface area contributed by atoms with Crippen molar-refractivity contribution < 1.29 is 29.0 Å². The number of hydrogen-bond acceptors (Lipinski definition) is 8. The van der Waals surface area contributed by atoms with Crippen LogP contribution in [0.3, 0.4) is 0 Å². The van der Waals surface area contributed by atoms with Crippen molar-refractivity contribution in [1.29, 1.82) is 0 Å². The topological polar surface area (TPSA) is 107 Å². The first-order valence-corrected chi connectivity index (χ1v) is 20.5. The Labute approximate surface area is 316 Å². The summed E-state index contributed by atoms with van der Waals surface area (Å²) in [6, 6.07) is 0. The minimum absolute atomic E-state index is 0.00546. The van der Waals surface area contributed by atoms with Gasteiger partial charge >= 0.3 is 11.9 Å². The van der Waals surface area contributed by atoms with E-state index in [1.807, 2.05) is 14.7 Å². The summed E-state index contributed by atoms with van der Waals surface area (Å²) >= 11 is 0. The molecule has 5 aliphatic carbocycles. The molecule has 0 spiro atoms. The molecule has 3 saturated heterocycles. The highest BCUT2D eigenvalue weighted by Gasteiger charge is 2.57. The summed E-state index contributed by atoms with van der Waals surface area (Å²) in [5, 5.41) is 8.84. The summed E-state index contributed by atoms with van der Waals surface area (Å²) < 4.78 is 5.68. The summed E-state index contributed by atoms with van der Waals surface area (Å²) in [4.78, 5) is 53.4. The molecule has 9 nitrogen and oxygen atoms in total. The van der Waals surface area contributed by atoms with Crippen molar-refractivity contribution in [3.05, 3.63) is 58.6 Å². The van der Waals surface area contributed by atoms with E-state index in [9.17, 15) is 19.2 Å². The van der Waals surface area contributed by atoms with E-state index in [4.69, 9.17) is 9.84 Å². The van der Waals surface area contributed by atoms with Crippen LogP contribution in [-0.4, -0.2) is 88.7 Å². The van der Waals surface area contributed by atoms with Gasteiger partial charge in [0.1, 0.15) is 17.5 Å².